The van der Waals surface area contributed by atoms with E-state index in [9.17, 15) is 18.0 Å². The van der Waals surface area contributed by atoms with Crippen molar-refractivity contribution in [2.75, 3.05) is 11.1 Å². The number of nitrogens with zero attached hydrogens (tertiary/aromatic N) is 3. The van der Waals surface area contributed by atoms with Gasteiger partial charge < -0.3 is 5.32 Å². The van der Waals surface area contributed by atoms with E-state index in [1.54, 1.807) is 22.8 Å². The summed E-state index contributed by atoms with van der Waals surface area (Å²) in [6.07, 6.45) is 0. The second-order valence-electron chi connectivity index (χ2n) is 6.42. The monoisotopic (exact) mass is 440 g/mol. The van der Waals surface area contributed by atoms with E-state index in [0.717, 1.165) is 23.9 Å². The van der Waals surface area contributed by atoms with Gasteiger partial charge in [-0.3, -0.25) is 9.36 Å². The van der Waals surface area contributed by atoms with Crippen LogP contribution >= 0.6 is 11.8 Å². The molecule has 9 heteroatoms. The first-order chi connectivity index (χ1) is 15.0. The SMILES string of the molecule is O=C(CSc1nnc(-c2ccccc2F)n1-c1ccccc1)Nc1ccc(F)cc1F. The summed E-state index contributed by atoms with van der Waals surface area (Å²) in [4.78, 5) is 12.3. The maximum Gasteiger partial charge on any atom is 0.234 e. The third-order valence-electron chi connectivity index (χ3n) is 4.30. The summed E-state index contributed by atoms with van der Waals surface area (Å²) in [6.45, 7) is 0. The van der Waals surface area contributed by atoms with Gasteiger partial charge in [0, 0.05) is 11.8 Å². The number of carbonyl (C=O) groups is 1. The van der Waals surface area contributed by atoms with Crippen LogP contribution in [0.4, 0.5) is 18.9 Å². The first-order valence-corrected chi connectivity index (χ1v) is 10.1. The topological polar surface area (TPSA) is 59.8 Å². The summed E-state index contributed by atoms with van der Waals surface area (Å²) < 4.78 is 42.8. The van der Waals surface area contributed by atoms with Gasteiger partial charge in [-0.1, -0.05) is 42.1 Å². The highest BCUT2D eigenvalue weighted by Crippen LogP contribution is 2.29. The second-order valence-corrected chi connectivity index (χ2v) is 7.36. The number of rotatable bonds is 6. The number of thioether (sulfide) groups is 1. The molecule has 0 aliphatic heterocycles. The second kappa shape index (κ2) is 9.05. The molecule has 4 rings (SSSR count). The van der Waals surface area contributed by atoms with Crippen molar-refractivity contribution in [3.63, 3.8) is 0 Å². The lowest BCUT2D eigenvalue weighted by Gasteiger charge is -2.11. The molecule has 0 saturated carbocycles. The zero-order valence-corrected chi connectivity index (χ0v) is 16.7. The number of carbonyl (C=O) groups excluding carboxylic acids is 1. The fraction of sp³-hybridized carbons (Fsp3) is 0.0455. The fourth-order valence-electron chi connectivity index (χ4n) is 2.90. The molecule has 0 fully saturated rings. The Kier molecular flexibility index (Phi) is 6.03. The van der Waals surface area contributed by atoms with Crippen LogP contribution in [0.5, 0.6) is 0 Å². The molecule has 4 aromatic rings. The maximum absolute atomic E-state index is 14.4. The van der Waals surface area contributed by atoms with Crippen LogP contribution in [0.1, 0.15) is 0 Å². The van der Waals surface area contributed by atoms with Crippen LogP contribution < -0.4 is 5.32 Å². The highest BCUT2D eigenvalue weighted by molar-refractivity contribution is 7.99. The number of amides is 1. The smallest absolute Gasteiger partial charge is 0.234 e. The van der Waals surface area contributed by atoms with Crippen LogP contribution in [-0.4, -0.2) is 26.4 Å². The van der Waals surface area contributed by atoms with Crippen molar-refractivity contribution in [1.82, 2.24) is 14.8 Å². The fourth-order valence-corrected chi connectivity index (χ4v) is 3.65. The van der Waals surface area contributed by atoms with Gasteiger partial charge in [-0.05, 0) is 36.4 Å². The third kappa shape index (κ3) is 4.61. The van der Waals surface area contributed by atoms with Crippen molar-refractivity contribution in [1.29, 1.82) is 0 Å². The van der Waals surface area contributed by atoms with Gasteiger partial charge in [-0.15, -0.1) is 10.2 Å². The lowest BCUT2D eigenvalue weighted by atomic mass is 10.2. The van der Waals surface area contributed by atoms with E-state index in [1.807, 2.05) is 30.3 Å². The number of aromatic nitrogens is 3. The van der Waals surface area contributed by atoms with E-state index in [1.165, 1.54) is 6.07 Å². The lowest BCUT2D eigenvalue weighted by Crippen LogP contribution is -2.15. The van der Waals surface area contributed by atoms with Crippen LogP contribution in [0.2, 0.25) is 0 Å². The molecule has 1 N–H and O–H groups in total. The Morgan fingerprint density at radius 1 is 0.903 bits per heavy atom. The molecule has 1 aromatic heterocycles. The minimum Gasteiger partial charge on any atom is -0.323 e. The van der Waals surface area contributed by atoms with E-state index in [4.69, 9.17) is 0 Å². The van der Waals surface area contributed by atoms with Crippen LogP contribution in [0.25, 0.3) is 17.1 Å². The summed E-state index contributed by atoms with van der Waals surface area (Å²) >= 11 is 1.06. The number of hydrogen-bond donors (Lipinski definition) is 1. The Labute approximate surface area is 179 Å². The van der Waals surface area contributed by atoms with Crippen LogP contribution in [0.15, 0.2) is 78.0 Å². The molecule has 3 aromatic carbocycles. The first-order valence-electron chi connectivity index (χ1n) is 9.16. The van der Waals surface area contributed by atoms with E-state index >= 15 is 0 Å². The normalized spacial score (nSPS) is 10.8. The standard InChI is InChI=1S/C22H15F3N4OS/c23-14-10-11-19(18(25)12-14)26-20(30)13-31-22-28-27-21(16-8-4-5-9-17(16)24)29(22)15-6-2-1-3-7-15/h1-12H,13H2,(H,26,30). The summed E-state index contributed by atoms with van der Waals surface area (Å²) in [7, 11) is 0. The molecule has 1 amide bonds. The number of para-hydroxylation sites is 1. The lowest BCUT2D eigenvalue weighted by molar-refractivity contribution is -0.113. The van der Waals surface area contributed by atoms with Gasteiger partial charge in [0.25, 0.3) is 0 Å². The zero-order valence-electron chi connectivity index (χ0n) is 15.9. The molecule has 0 aliphatic carbocycles. The molecule has 0 bridgehead atoms. The van der Waals surface area contributed by atoms with Gasteiger partial charge in [-0.25, -0.2) is 13.2 Å². The Balaban J connectivity index is 1.60. The van der Waals surface area contributed by atoms with E-state index in [0.29, 0.717) is 16.9 Å². The molecule has 31 heavy (non-hydrogen) atoms. The Bertz CT molecular complexity index is 1230. The predicted molar refractivity (Wildman–Crippen MR) is 112 cm³/mol. The van der Waals surface area contributed by atoms with Gasteiger partial charge in [0.1, 0.15) is 17.5 Å². The van der Waals surface area contributed by atoms with Gasteiger partial charge >= 0.3 is 0 Å². The first kappa shape index (κ1) is 20.7. The molecule has 0 unspecified atom stereocenters. The van der Waals surface area contributed by atoms with Gasteiger partial charge in [0.2, 0.25) is 5.91 Å². The molecule has 1 heterocycles. The summed E-state index contributed by atoms with van der Waals surface area (Å²) in [6, 6.07) is 18.2. The molecule has 0 aliphatic rings. The molecule has 0 saturated heterocycles. The van der Waals surface area contributed by atoms with Gasteiger partial charge in [-0.2, -0.15) is 0 Å². The van der Waals surface area contributed by atoms with Gasteiger partial charge in [0.05, 0.1) is 17.0 Å². The number of halogens is 3. The number of nitrogens with one attached hydrogen (secondary N) is 1. The Morgan fingerprint density at radius 3 is 2.39 bits per heavy atom. The number of benzene rings is 3. The average molecular weight is 440 g/mol. The highest BCUT2D eigenvalue weighted by Gasteiger charge is 2.19. The Morgan fingerprint density at radius 2 is 1.65 bits per heavy atom. The number of anilines is 1. The molecule has 0 atom stereocenters. The van der Waals surface area contributed by atoms with Crippen molar-refractivity contribution in [2.45, 2.75) is 5.16 Å². The quantitative estimate of drug-likeness (QED) is 0.425. The van der Waals surface area contributed by atoms with Crippen LogP contribution in [0.3, 0.4) is 0 Å². The summed E-state index contributed by atoms with van der Waals surface area (Å²) in [5.41, 5.74) is 0.838. The maximum atomic E-state index is 14.4. The van der Waals surface area contributed by atoms with Gasteiger partial charge in [0.15, 0.2) is 11.0 Å². The molecule has 0 spiro atoms. The van der Waals surface area contributed by atoms with E-state index < -0.39 is 23.4 Å². The molecular weight excluding hydrogens is 425 g/mol. The zero-order chi connectivity index (χ0) is 21.8. The van der Waals surface area contributed by atoms with Crippen molar-refractivity contribution in [3.05, 3.63) is 90.2 Å². The third-order valence-corrected chi connectivity index (χ3v) is 5.23. The molecular formula is C22H15F3N4OS. The molecule has 0 radical (unpaired) electrons. The summed E-state index contributed by atoms with van der Waals surface area (Å²) in [5.74, 6) is -2.39. The largest absolute Gasteiger partial charge is 0.323 e. The minimum absolute atomic E-state index is 0.112. The van der Waals surface area contributed by atoms with Crippen LogP contribution in [0, 0.1) is 17.5 Å². The average Bonchev–Trinajstić information content (AvgIpc) is 3.19. The molecule has 5 nitrogen and oxygen atoms in total. The van der Waals surface area contributed by atoms with E-state index in [-0.39, 0.29) is 22.8 Å². The predicted octanol–water partition coefficient (Wildman–Crippen LogP) is 5.08. The van der Waals surface area contributed by atoms with E-state index in [2.05, 4.69) is 15.5 Å². The molecule has 156 valence electrons. The van der Waals surface area contributed by atoms with Crippen molar-refractivity contribution in [2.24, 2.45) is 0 Å². The van der Waals surface area contributed by atoms with Crippen molar-refractivity contribution in [3.8, 4) is 17.1 Å². The van der Waals surface area contributed by atoms with Crippen molar-refractivity contribution >= 4 is 23.4 Å². The highest BCUT2D eigenvalue weighted by atomic mass is 32.2. The minimum atomic E-state index is -0.868. The Hall–Kier alpha value is -3.59. The van der Waals surface area contributed by atoms with Crippen LogP contribution in [-0.2, 0) is 4.79 Å². The number of hydrogen-bond acceptors (Lipinski definition) is 4. The van der Waals surface area contributed by atoms with Crippen molar-refractivity contribution < 1.29 is 18.0 Å². The summed E-state index contributed by atoms with van der Waals surface area (Å²) in [5, 5.41) is 11.0.